The SMILES string of the molecule is COc1ccc(CCc2ccc(Br)cc2C)cc1OC. The lowest BCUT2D eigenvalue weighted by Crippen LogP contribution is -1.96. The topological polar surface area (TPSA) is 18.5 Å². The number of benzene rings is 2. The highest BCUT2D eigenvalue weighted by atomic mass is 79.9. The number of halogens is 1. The van der Waals surface area contributed by atoms with E-state index in [-0.39, 0.29) is 0 Å². The van der Waals surface area contributed by atoms with Crippen molar-refractivity contribution in [2.45, 2.75) is 19.8 Å². The van der Waals surface area contributed by atoms with Gasteiger partial charge in [-0.05, 0) is 60.7 Å². The Hall–Kier alpha value is -1.48. The van der Waals surface area contributed by atoms with Gasteiger partial charge in [0.1, 0.15) is 0 Å². The van der Waals surface area contributed by atoms with Crippen molar-refractivity contribution < 1.29 is 9.47 Å². The third kappa shape index (κ3) is 3.54. The Morgan fingerprint density at radius 1 is 0.900 bits per heavy atom. The second-order valence-corrected chi connectivity index (χ2v) is 5.68. The van der Waals surface area contributed by atoms with E-state index >= 15 is 0 Å². The lowest BCUT2D eigenvalue weighted by atomic mass is 10.0. The van der Waals surface area contributed by atoms with Gasteiger partial charge in [0.15, 0.2) is 11.5 Å². The zero-order valence-corrected chi connectivity index (χ0v) is 13.7. The summed E-state index contributed by atoms with van der Waals surface area (Å²) in [4.78, 5) is 0. The van der Waals surface area contributed by atoms with Crippen LogP contribution in [0.4, 0.5) is 0 Å². The van der Waals surface area contributed by atoms with Gasteiger partial charge in [0.05, 0.1) is 14.2 Å². The molecule has 0 aromatic heterocycles. The summed E-state index contributed by atoms with van der Waals surface area (Å²) in [7, 11) is 3.32. The number of methoxy groups -OCH3 is 2. The molecule has 0 aliphatic heterocycles. The molecule has 0 aliphatic rings. The first-order chi connectivity index (χ1) is 9.63. The molecule has 0 saturated heterocycles. The average Bonchev–Trinajstić information content (AvgIpc) is 2.46. The number of hydrogen-bond acceptors (Lipinski definition) is 2. The molecule has 20 heavy (non-hydrogen) atoms. The normalized spacial score (nSPS) is 10.4. The van der Waals surface area contributed by atoms with E-state index in [0.29, 0.717) is 0 Å². The highest BCUT2D eigenvalue weighted by Gasteiger charge is 2.05. The molecule has 0 spiro atoms. The van der Waals surface area contributed by atoms with Gasteiger partial charge in [-0.3, -0.25) is 0 Å². The Labute approximate surface area is 128 Å². The van der Waals surface area contributed by atoms with Crippen molar-refractivity contribution in [2.75, 3.05) is 14.2 Å². The van der Waals surface area contributed by atoms with Crippen molar-refractivity contribution in [1.29, 1.82) is 0 Å². The predicted molar refractivity (Wildman–Crippen MR) is 85.8 cm³/mol. The predicted octanol–water partition coefficient (Wildman–Crippen LogP) is 4.56. The van der Waals surface area contributed by atoms with Crippen LogP contribution in [0.2, 0.25) is 0 Å². The maximum Gasteiger partial charge on any atom is 0.160 e. The van der Waals surface area contributed by atoms with Crippen LogP contribution in [0, 0.1) is 6.92 Å². The Balaban J connectivity index is 2.10. The molecular formula is C17H19BrO2. The monoisotopic (exact) mass is 334 g/mol. The molecule has 0 amide bonds. The van der Waals surface area contributed by atoms with E-state index in [2.05, 4.69) is 47.1 Å². The molecule has 0 radical (unpaired) electrons. The van der Waals surface area contributed by atoms with E-state index in [0.717, 1.165) is 28.8 Å². The van der Waals surface area contributed by atoms with Crippen LogP contribution >= 0.6 is 15.9 Å². The minimum Gasteiger partial charge on any atom is -0.493 e. The summed E-state index contributed by atoms with van der Waals surface area (Å²) in [6.45, 7) is 2.15. The Kier molecular flexibility index (Phi) is 5.07. The van der Waals surface area contributed by atoms with Crippen LogP contribution in [0.1, 0.15) is 16.7 Å². The molecule has 0 N–H and O–H groups in total. The van der Waals surface area contributed by atoms with Crippen LogP contribution in [0.3, 0.4) is 0 Å². The Morgan fingerprint density at radius 3 is 2.30 bits per heavy atom. The van der Waals surface area contributed by atoms with Gasteiger partial charge < -0.3 is 9.47 Å². The molecule has 0 bridgehead atoms. The molecule has 2 nitrogen and oxygen atoms in total. The summed E-state index contributed by atoms with van der Waals surface area (Å²) in [6, 6.07) is 12.5. The highest BCUT2D eigenvalue weighted by molar-refractivity contribution is 9.10. The van der Waals surface area contributed by atoms with Crippen LogP contribution in [-0.4, -0.2) is 14.2 Å². The second kappa shape index (κ2) is 6.80. The molecule has 0 fully saturated rings. The van der Waals surface area contributed by atoms with Gasteiger partial charge in [-0.15, -0.1) is 0 Å². The van der Waals surface area contributed by atoms with Gasteiger partial charge in [0.2, 0.25) is 0 Å². The second-order valence-electron chi connectivity index (χ2n) is 4.76. The standard InChI is InChI=1S/C17H19BrO2/c1-12-10-15(18)8-7-14(12)6-4-13-5-9-16(19-2)17(11-13)20-3/h5,7-11H,4,6H2,1-3H3. The first kappa shape index (κ1) is 14.9. The van der Waals surface area contributed by atoms with Gasteiger partial charge in [-0.2, -0.15) is 0 Å². The number of rotatable bonds is 5. The summed E-state index contributed by atoms with van der Waals surface area (Å²) in [6.07, 6.45) is 2.01. The van der Waals surface area contributed by atoms with Crippen molar-refractivity contribution in [3.63, 3.8) is 0 Å². The third-order valence-electron chi connectivity index (χ3n) is 3.44. The maximum atomic E-state index is 5.34. The molecule has 0 heterocycles. The van der Waals surface area contributed by atoms with E-state index in [1.807, 2.05) is 12.1 Å². The molecule has 0 atom stereocenters. The molecule has 2 aromatic rings. The molecule has 3 heteroatoms. The molecule has 106 valence electrons. The van der Waals surface area contributed by atoms with Crippen molar-refractivity contribution in [3.05, 3.63) is 57.6 Å². The van der Waals surface area contributed by atoms with Crippen LogP contribution < -0.4 is 9.47 Å². The molecule has 0 aliphatic carbocycles. The van der Waals surface area contributed by atoms with Gasteiger partial charge in [-0.25, -0.2) is 0 Å². The minimum absolute atomic E-state index is 0.774. The van der Waals surface area contributed by atoms with Gasteiger partial charge in [-0.1, -0.05) is 28.1 Å². The van der Waals surface area contributed by atoms with Crippen LogP contribution in [0.15, 0.2) is 40.9 Å². The molecule has 2 aromatic carbocycles. The minimum atomic E-state index is 0.774. The summed E-state index contributed by atoms with van der Waals surface area (Å²) in [5.41, 5.74) is 3.95. The van der Waals surface area contributed by atoms with Crippen LogP contribution in [-0.2, 0) is 12.8 Å². The maximum absolute atomic E-state index is 5.34. The summed E-state index contributed by atoms with van der Waals surface area (Å²) < 4.78 is 11.7. The zero-order valence-electron chi connectivity index (χ0n) is 12.1. The van der Waals surface area contributed by atoms with Gasteiger partial charge >= 0.3 is 0 Å². The number of ether oxygens (including phenoxy) is 2. The van der Waals surface area contributed by atoms with Gasteiger partial charge in [0, 0.05) is 4.47 Å². The third-order valence-corrected chi connectivity index (χ3v) is 3.93. The smallest absolute Gasteiger partial charge is 0.160 e. The van der Waals surface area contributed by atoms with Crippen LogP contribution in [0.5, 0.6) is 11.5 Å². The zero-order chi connectivity index (χ0) is 14.5. The molecular weight excluding hydrogens is 316 g/mol. The summed E-state index contributed by atoms with van der Waals surface area (Å²) >= 11 is 3.50. The Bertz CT molecular complexity index is 594. The number of aryl methyl sites for hydroxylation is 3. The van der Waals surface area contributed by atoms with Crippen molar-refractivity contribution in [2.24, 2.45) is 0 Å². The highest BCUT2D eigenvalue weighted by Crippen LogP contribution is 2.28. The fraction of sp³-hybridized carbons (Fsp3) is 0.294. The largest absolute Gasteiger partial charge is 0.493 e. The van der Waals surface area contributed by atoms with Crippen molar-refractivity contribution >= 4 is 15.9 Å². The quantitative estimate of drug-likeness (QED) is 0.797. The van der Waals surface area contributed by atoms with Gasteiger partial charge in [0.25, 0.3) is 0 Å². The first-order valence-electron chi connectivity index (χ1n) is 6.60. The van der Waals surface area contributed by atoms with E-state index < -0.39 is 0 Å². The van der Waals surface area contributed by atoms with Crippen molar-refractivity contribution in [3.8, 4) is 11.5 Å². The fourth-order valence-corrected chi connectivity index (χ4v) is 2.73. The fourth-order valence-electron chi connectivity index (χ4n) is 2.25. The van der Waals surface area contributed by atoms with Crippen molar-refractivity contribution in [1.82, 2.24) is 0 Å². The average molecular weight is 335 g/mol. The number of hydrogen-bond donors (Lipinski definition) is 0. The summed E-state index contributed by atoms with van der Waals surface area (Å²) in [5, 5.41) is 0. The lowest BCUT2D eigenvalue weighted by Gasteiger charge is -2.10. The lowest BCUT2D eigenvalue weighted by molar-refractivity contribution is 0.354. The first-order valence-corrected chi connectivity index (χ1v) is 7.39. The Morgan fingerprint density at radius 2 is 1.65 bits per heavy atom. The van der Waals surface area contributed by atoms with E-state index in [1.165, 1.54) is 16.7 Å². The summed E-state index contributed by atoms with van der Waals surface area (Å²) in [5.74, 6) is 1.56. The molecule has 2 rings (SSSR count). The van der Waals surface area contributed by atoms with Crippen LogP contribution in [0.25, 0.3) is 0 Å². The molecule has 0 unspecified atom stereocenters. The molecule has 0 saturated carbocycles. The van der Waals surface area contributed by atoms with E-state index in [1.54, 1.807) is 14.2 Å². The van der Waals surface area contributed by atoms with E-state index in [9.17, 15) is 0 Å². The van der Waals surface area contributed by atoms with E-state index in [4.69, 9.17) is 9.47 Å².